The van der Waals surface area contributed by atoms with Crippen LogP contribution in [0.3, 0.4) is 0 Å². The molecule has 0 saturated heterocycles. The number of benzene rings is 1. The molecule has 1 aliphatic carbocycles. The van der Waals surface area contributed by atoms with Gasteiger partial charge in [-0.3, -0.25) is 4.79 Å². The van der Waals surface area contributed by atoms with Crippen LogP contribution in [0.5, 0.6) is 0 Å². The van der Waals surface area contributed by atoms with Crippen molar-refractivity contribution in [2.45, 2.75) is 12.8 Å². The summed E-state index contributed by atoms with van der Waals surface area (Å²) in [5.74, 6) is 0.314. The number of hydrogen-bond acceptors (Lipinski definition) is 3. The van der Waals surface area contributed by atoms with Crippen LogP contribution in [0.2, 0.25) is 0 Å². The molecule has 1 aromatic rings. The Kier molecular flexibility index (Phi) is 3.70. The number of carbonyl (C=O) groups excluding carboxylic acids is 1. The van der Waals surface area contributed by atoms with Crippen LogP contribution in [0, 0.1) is 5.92 Å². The van der Waals surface area contributed by atoms with E-state index < -0.39 is 0 Å². The third-order valence-corrected chi connectivity index (χ3v) is 3.10. The van der Waals surface area contributed by atoms with Crippen molar-refractivity contribution in [1.29, 1.82) is 0 Å². The average Bonchev–Trinajstić information content (AvgIpc) is 2.33. The number of aryl methyl sites for hydroxylation is 1. The van der Waals surface area contributed by atoms with Gasteiger partial charge in [0.05, 0.1) is 6.61 Å². The minimum absolute atomic E-state index is 0.0708. The molecule has 0 amide bonds. The summed E-state index contributed by atoms with van der Waals surface area (Å²) in [7, 11) is 0. The average molecular weight is 219 g/mol. The van der Waals surface area contributed by atoms with Gasteiger partial charge in [0, 0.05) is 24.6 Å². The Hall–Kier alpha value is -1.19. The number of nitrogens with one attached hydrogen (secondary N) is 1. The summed E-state index contributed by atoms with van der Waals surface area (Å²) in [5, 5.41) is 11.8. The van der Waals surface area contributed by atoms with Crippen molar-refractivity contribution in [1.82, 2.24) is 5.32 Å². The van der Waals surface area contributed by atoms with Crippen LogP contribution in [0.4, 0.5) is 0 Å². The first-order valence-corrected chi connectivity index (χ1v) is 5.76. The Bertz CT molecular complexity index is 376. The minimum atomic E-state index is 0.0708. The number of fused-ring (bicyclic) bond motifs is 1. The van der Waals surface area contributed by atoms with Crippen LogP contribution in [-0.2, 0) is 6.42 Å². The highest BCUT2D eigenvalue weighted by molar-refractivity contribution is 6.00. The van der Waals surface area contributed by atoms with Crippen LogP contribution >= 0.6 is 0 Å². The first kappa shape index (κ1) is 11.3. The van der Waals surface area contributed by atoms with Crippen molar-refractivity contribution in [2.24, 2.45) is 5.92 Å². The molecular weight excluding hydrogens is 202 g/mol. The molecular formula is C13H17NO2. The van der Waals surface area contributed by atoms with Crippen LogP contribution in [0.25, 0.3) is 0 Å². The third kappa shape index (κ3) is 2.31. The predicted octanol–water partition coefficient (Wildman–Crippen LogP) is 1.01. The predicted molar refractivity (Wildman–Crippen MR) is 62.5 cm³/mol. The van der Waals surface area contributed by atoms with Gasteiger partial charge in [0.1, 0.15) is 0 Å². The molecule has 1 unspecified atom stereocenters. The smallest absolute Gasteiger partial charge is 0.167 e. The van der Waals surface area contributed by atoms with Crippen molar-refractivity contribution >= 4 is 5.78 Å². The maximum atomic E-state index is 12.1. The lowest BCUT2D eigenvalue weighted by Crippen LogP contribution is -2.33. The van der Waals surface area contributed by atoms with Crippen LogP contribution in [0.15, 0.2) is 24.3 Å². The van der Waals surface area contributed by atoms with E-state index in [1.54, 1.807) is 0 Å². The minimum Gasteiger partial charge on any atom is -0.395 e. The highest BCUT2D eigenvalue weighted by atomic mass is 16.3. The van der Waals surface area contributed by atoms with E-state index in [9.17, 15) is 4.79 Å². The molecule has 0 radical (unpaired) electrons. The molecule has 0 heterocycles. The van der Waals surface area contributed by atoms with Crippen molar-refractivity contribution in [3.05, 3.63) is 35.4 Å². The molecule has 0 aromatic heterocycles. The molecule has 1 aromatic carbocycles. The SMILES string of the molecule is O=C1c2ccccc2CCC1CNCCO. The van der Waals surface area contributed by atoms with Crippen molar-refractivity contribution in [2.75, 3.05) is 19.7 Å². The molecule has 0 spiro atoms. The summed E-state index contributed by atoms with van der Waals surface area (Å²) in [6.07, 6.45) is 1.89. The normalized spacial score (nSPS) is 19.6. The first-order chi connectivity index (χ1) is 7.83. The molecule has 2 N–H and O–H groups in total. The van der Waals surface area contributed by atoms with Gasteiger partial charge in [-0.05, 0) is 18.4 Å². The number of carbonyl (C=O) groups is 1. The number of Topliss-reactive ketones (excluding diaryl/α,β-unsaturated/α-hetero) is 1. The molecule has 0 saturated carbocycles. The van der Waals surface area contributed by atoms with E-state index in [4.69, 9.17) is 5.11 Å². The topological polar surface area (TPSA) is 49.3 Å². The maximum absolute atomic E-state index is 12.1. The Morgan fingerprint density at radius 1 is 1.38 bits per heavy atom. The van der Waals surface area contributed by atoms with E-state index in [0.717, 1.165) is 18.4 Å². The Balaban J connectivity index is 2.03. The van der Waals surface area contributed by atoms with Crippen molar-refractivity contribution < 1.29 is 9.90 Å². The standard InChI is InChI=1S/C13H17NO2/c15-8-7-14-9-11-6-5-10-3-1-2-4-12(10)13(11)16/h1-4,11,14-15H,5-9H2. The molecule has 0 fully saturated rings. The Morgan fingerprint density at radius 3 is 3.00 bits per heavy atom. The fourth-order valence-electron chi connectivity index (χ4n) is 2.21. The van der Waals surface area contributed by atoms with Gasteiger partial charge < -0.3 is 10.4 Å². The molecule has 1 aliphatic rings. The van der Waals surface area contributed by atoms with Gasteiger partial charge in [0.15, 0.2) is 5.78 Å². The van der Waals surface area contributed by atoms with Crippen molar-refractivity contribution in [3.63, 3.8) is 0 Å². The van der Waals surface area contributed by atoms with Gasteiger partial charge in [0.25, 0.3) is 0 Å². The maximum Gasteiger partial charge on any atom is 0.167 e. The lowest BCUT2D eigenvalue weighted by Gasteiger charge is -2.23. The van der Waals surface area contributed by atoms with E-state index in [0.29, 0.717) is 13.1 Å². The van der Waals surface area contributed by atoms with Gasteiger partial charge in [-0.25, -0.2) is 0 Å². The molecule has 3 heteroatoms. The number of rotatable bonds is 4. The number of aliphatic hydroxyl groups excluding tert-OH is 1. The lowest BCUT2D eigenvalue weighted by molar-refractivity contribution is 0.0899. The second-order valence-electron chi connectivity index (χ2n) is 4.18. The summed E-state index contributed by atoms with van der Waals surface area (Å²) >= 11 is 0. The molecule has 1 atom stereocenters. The van der Waals surface area contributed by atoms with Crippen LogP contribution < -0.4 is 5.32 Å². The molecule has 0 aliphatic heterocycles. The lowest BCUT2D eigenvalue weighted by atomic mass is 9.83. The van der Waals surface area contributed by atoms with Crippen LogP contribution in [-0.4, -0.2) is 30.6 Å². The van der Waals surface area contributed by atoms with Crippen molar-refractivity contribution in [3.8, 4) is 0 Å². The van der Waals surface area contributed by atoms with Gasteiger partial charge in [-0.1, -0.05) is 24.3 Å². The summed E-state index contributed by atoms with van der Waals surface area (Å²) < 4.78 is 0. The quantitative estimate of drug-likeness (QED) is 0.743. The molecule has 3 nitrogen and oxygen atoms in total. The van der Waals surface area contributed by atoms with E-state index in [-0.39, 0.29) is 18.3 Å². The summed E-state index contributed by atoms with van der Waals surface area (Å²) in [6, 6.07) is 7.84. The summed E-state index contributed by atoms with van der Waals surface area (Å²) in [5.41, 5.74) is 2.05. The largest absolute Gasteiger partial charge is 0.395 e. The number of ketones is 1. The van der Waals surface area contributed by atoms with E-state index >= 15 is 0 Å². The van der Waals surface area contributed by atoms with Crippen LogP contribution in [0.1, 0.15) is 22.3 Å². The first-order valence-electron chi connectivity index (χ1n) is 5.76. The molecule has 86 valence electrons. The molecule has 0 bridgehead atoms. The second-order valence-corrected chi connectivity index (χ2v) is 4.18. The zero-order chi connectivity index (χ0) is 11.4. The Labute approximate surface area is 95.5 Å². The Morgan fingerprint density at radius 2 is 2.19 bits per heavy atom. The number of hydrogen-bond donors (Lipinski definition) is 2. The van der Waals surface area contributed by atoms with E-state index in [2.05, 4.69) is 5.32 Å². The van der Waals surface area contributed by atoms with Gasteiger partial charge >= 0.3 is 0 Å². The monoisotopic (exact) mass is 219 g/mol. The zero-order valence-corrected chi connectivity index (χ0v) is 9.28. The highest BCUT2D eigenvalue weighted by Crippen LogP contribution is 2.24. The third-order valence-electron chi connectivity index (χ3n) is 3.10. The second kappa shape index (κ2) is 5.23. The fraction of sp³-hybridized carbons (Fsp3) is 0.462. The number of aliphatic hydroxyl groups is 1. The molecule has 16 heavy (non-hydrogen) atoms. The summed E-state index contributed by atoms with van der Waals surface area (Å²) in [4.78, 5) is 12.1. The summed E-state index contributed by atoms with van der Waals surface area (Å²) in [6.45, 7) is 1.36. The van der Waals surface area contributed by atoms with E-state index in [1.165, 1.54) is 5.56 Å². The fourth-order valence-corrected chi connectivity index (χ4v) is 2.21. The van der Waals surface area contributed by atoms with Gasteiger partial charge in [-0.2, -0.15) is 0 Å². The van der Waals surface area contributed by atoms with Gasteiger partial charge in [0.2, 0.25) is 0 Å². The highest BCUT2D eigenvalue weighted by Gasteiger charge is 2.26. The van der Waals surface area contributed by atoms with E-state index in [1.807, 2.05) is 24.3 Å². The van der Waals surface area contributed by atoms with Gasteiger partial charge in [-0.15, -0.1) is 0 Å². The zero-order valence-electron chi connectivity index (χ0n) is 9.28. The molecule has 2 rings (SSSR count).